The van der Waals surface area contributed by atoms with Crippen molar-refractivity contribution < 1.29 is 23.1 Å². The second-order valence-electron chi connectivity index (χ2n) is 10.3. The van der Waals surface area contributed by atoms with Crippen LogP contribution in [0.15, 0.2) is 18.2 Å². The Balaban J connectivity index is 1.03. The van der Waals surface area contributed by atoms with Crippen LogP contribution in [0.25, 0.3) is 0 Å². The molecule has 6 nitrogen and oxygen atoms in total. The molecule has 5 rings (SSSR count). The molecule has 3 aliphatic rings. The van der Waals surface area contributed by atoms with Gasteiger partial charge in [-0.05, 0) is 55.7 Å². The van der Waals surface area contributed by atoms with E-state index in [9.17, 15) is 18.4 Å². The number of thiazole rings is 1. The molecule has 1 fully saturated rings. The van der Waals surface area contributed by atoms with Crippen molar-refractivity contribution >= 4 is 28.7 Å². The predicted molar refractivity (Wildman–Crippen MR) is 135 cm³/mol. The summed E-state index contributed by atoms with van der Waals surface area (Å²) in [6.45, 7) is 2.37. The Labute approximate surface area is 214 Å². The van der Waals surface area contributed by atoms with Gasteiger partial charge in [-0.2, -0.15) is 0 Å². The number of hydrogen-bond donors (Lipinski definition) is 1. The van der Waals surface area contributed by atoms with E-state index in [4.69, 9.17) is 4.74 Å². The maximum Gasteiger partial charge on any atom is 0.273 e. The summed E-state index contributed by atoms with van der Waals surface area (Å²) in [6.07, 6.45) is 5.83. The van der Waals surface area contributed by atoms with Crippen LogP contribution in [-0.4, -0.2) is 54.2 Å². The number of aromatic nitrogens is 1. The van der Waals surface area contributed by atoms with Gasteiger partial charge in [-0.3, -0.25) is 9.59 Å². The van der Waals surface area contributed by atoms with Gasteiger partial charge in [0.05, 0.1) is 17.8 Å². The average Bonchev–Trinajstić information content (AvgIpc) is 3.39. The third-order valence-electron chi connectivity index (χ3n) is 7.77. The van der Waals surface area contributed by atoms with E-state index in [1.54, 1.807) is 0 Å². The Morgan fingerprint density at radius 3 is 2.75 bits per heavy atom. The second-order valence-corrected chi connectivity index (χ2v) is 11.3. The smallest absolute Gasteiger partial charge is 0.273 e. The first-order chi connectivity index (χ1) is 17.4. The molecule has 0 saturated heterocycles. The molecule has 0 radical (unpaired) electrons. The van der Waals surface area contributed by atoms with Gasteiger partial charge in [0.2, 0.25) is 5.91 Å². The number of halogens is 2. The highest BCUT2D eigenvalue weighted by molar-refractivity contribution is 7.13. The van der Waals surface area contributed by atoms with Crippen LogP contribution >= 0.6 is 11.3 Å². The molecule has 0 spiro atoms. The molecular weight excluding hydrogens is 484 g/mol. The van der Waals surface area contributed by atoms with Crippen LogP contribution in [-0.2, 0) is 24.1 Å². The van der Waals surface area contributed by atoms with Crippen molar-refractivity contribution in [1.29, 1.82) is 0 Å². The highest BCUT2D eigenvalue weighted by Gasteiger charge is 2.28. The van der Waals surface area contributed by atoms with Crippen molar-refractivity contribution in [3.05, 3.63) is 39.9 Å². The van der Waals surface area contributed by atoms with E-state index < -0.39 is 13.0 Å². The molecule has 1 aromatic carbocycles. The van der Waals surface area contributed by atoms with Gasteiger partial charge in [0, 0.05) is 36.4 Å². The first-order valence-corrected chi connectivity index (χ1v) is 13.8. The molecular formula is C27H33F2N3O3S. The van der Waals surface area contributed by atoms with E-state index in [2.05, 4.69) is 15.2 Å². The molecule has 0 atom stereocenters. The lowest BCUT2D eigenvalue weighted by molar-refractivity contribution is -0.115. The van der Waals surface area contributed by atoms with Crippen molar-refractivity contribution in [3.8, 4) is 5.19 Å². The summed E-state index contributed by atoms with van der Waals surface area (Å²) in [7, 11) is 0. The highest BCUT2D eigenvalue weighted by atomic mass is 32.1. The third-order valence-corrected chi connectivity index (χ3v) is 8.84. The van der Waals surface area contributed by atoms with Crippen LogP contribution < -0.4 is 10.1 Å². The quantitative estimate of drug-likeness (QED) is 0.466. The topological polar surface area (TPSA) is 71.5 Å². The van der Waals surface area contributed by atoms with E-state index >= 15 is 0 Å². The molecule has 2 aliphatic heterocycles. The number of nitrogens with one attached hydrogen (secondary N) is 1. The Morgan fingerprint density at radius 2 is 1.94 bits per heavy atom. The van der Waals surface area contributed by atoms with Gasteiger partial charge in [0.25, 0.3) is 11.6 Å². The summed E-state index contributed by atoms with van der Waals surface area (Å²) in [5.74, 6) is 1.22. The zero-order valence-corrected chi connectivity index (χ0v) is 21.3. The molecule has 1 N–H and O–H groups in total. The Kier molecular flexibility index (Phi) is 7.96. The maximum absolute atomic E-state index is 13.0. The number of nitrogens with zero attached hydrogens (tertiary/aromatic N) is 2. The van der Waals surface area contributed by atoms with E-state index in [1.165, 1.54) is 17.8 Å². The zero-order valence-electron chi connectivity index (χ0n) is 20.4. The maximum atomic E-state index is 13.0. The van der Waals surface area contributed by atoms with Crippen molar-refractivity contribution in [2.45, 2.75) is 64.2 Å². The number of carbonyl (C=O) groups is 2. The lowest BCUT2D eigenvalue weighted by atomic mass is 9.78. The summed E-state index contributed by atoms with van der Waals surface area (Å²) in [6, 6.07) is 5.63. The van der Waals surface area contributed by atoms with Crippen LogP contribution in [0, 0.1) is 11.8 Å². The van der Waals surface area contributed by atoms with Crippen LogP contribution in [0.1, 0.15) is 65.0 Å². The van der Waals surface area contributed by atoms with Gasteiger partial charge in [-0.15, -0.1) is 0 Å². The van der Waals surface area contributed by atoms with Crippen molar-refractivity contribution in [2.24, 2.45) is 11.8 Å². The van der Waals surface area contributed by atoms with Gasteiger partial charge in [0.15, 0.2) is 12.4 Å². The van der Waals surface area contributed by atoms with Crippen molar-refractivity contribution in [1.82, 2.24) is 9.88 Å². The van der Waals surface area contributed by atoms with Crippen molar-refractivity contribution in [3.63, 3.8) is 0 Å². The molecule has 1 aromatic heterocycles. The fourth-order valence-electron chi connectivity index (χ4n) is 5.75. The van der Waals surface area contributed by atoms with Crippen LogP contribution in [0.2, 0.25) is 0 Å². The minimum absolute atomic E-state index is 0.0364. The highest BCUT2D eigenvalue weighted by Crippen LogP contribution is 2.35. The molecule has 2 aromatic rings. The SMILES string of the molecule is O=C1Cc2cccc(C(=O)CC3CCC(CCN4CCc5nc(OCC(F)F)sc5CC4)CC3)c2N1. The Morgan fingerprint density at radius 1 is 1.17 bits per heavy atom. The number of amides is 1. The number of ketones is 1. The molecule has 0 bridgehead atoms. The summed E-state index contributed by atoms with van der Waals surface area (Å²) in [4.78, 5) is 32.8. The van der Waals surface area contributed by atoms with Crippen LogP contribution in [0.4, 0.5) is 14.5 Å². The molecule has 194 valence electrons. The average molecular weight is 518 g/mol. The fourth-order valence-corrected chi connectivity index (χ4v) is 6.70. The number of fused-ring (bicyclic) bond motifs is 2. The normalized spacial score (nSPS) is 22.1. The largest absolute Gasteiger partial charge is 0.464 e. The first kappa shape index (κ1) is 25.3. The van der Waals surface area contributed by atoms with E-state index in [0.717, 1.165) is 80.0 Å². The molecule has 0 unspecified atom stereocenters. The monoisotopic (exact) mass is 517 g/mol. The first-order valence-electron chi connectivity index (χ1n) is 13.0. The molecule has 9 heteroatoms. The van der Waals surface area contributed by atoms with Gasteiger partial charge in [0.1, 0.15) is 0 Å². The Bertz CT molecular complexity index is 1070. The second kappa shape index (κ2) is 11.3. The summed E-state index contributed by atoms with van der Waals surface area (Å²) in [5.41, 5.74) is 3.31. The van der Waals surface area contributed by atoms with Gasteiger partial charge < -0.3 is 15.0 Å². The summed E-state index contributed by atoms with van der Waals surface area (Å²) >= 11 is 1.41. The minimum atomic E-state index is -2.48. The fraction of sp³-hybridized carbons (Fsp3) is 0.593. The minimum Gasteiger partial charge on any atom is -0.464 e. The molecule has 36 heavy (non-hydrogen) atoms. The number of carbonyl (C=O) groups excluding carboxylic acids is 2. The number of rotatable bonds is 9. The number of ether oxygens (including phenoxy) is 1. The Hall–Kier alpha value is -2.39. The predicted octanol–water partition coefficient (Wildman–Crippen LogP) is 5.15. The number of anilines is 1. The third kappa shape index (κ3) is 6.11. The van der Waals surface area contributed by atoms with E-state index in [-0.39, 0.29) is 11.7 Å². The van der Waals surface area contributed by atoms with E-state index in [1.807, 2.05) is 18.2 Å². The summed E-state index contributed by atoms with van der Waals surface area (Å²) < 4.78 is 29.9. The molecule has 1 saturated carbocycles. The molecule has 1 amide bonds. The number of para-hydroxylation sites is 1. The van der Waals surface area contributed by atoms with E-state index in [0.29, 0.717) is 35.4 Å². The van der Waals surface area contributed by atoms with Crippen LogP contribution in [0.5, 0.6) is 5.19 Å². The van der Waals surface area contributed by atoms with Gasteiger partial charge >= 0.3 is 0 Å². The van der Waals surface area contributed by atoms with Crippen molar-refractivity contribution in [2.75, 3.05) is 31.6 Å². The molecule has 1 aliphatic carbocycles. The standard InChI is InChI=1S/C27H33F2N3O3S/c28-24(29)16-35-27-30-21-9-12-32(13-10-23(21)36-27)11-8-17-4-6-18(7-5-17)14-22(33)20-3-1-2-19-15-25(34)31-26(19)20/h1-3,17-18,24H,4-16H2,(H,31,34). The lowest BCUT2D eigenvalue weighted by Crippen LogP contribution is -2.29. The summed E-state index contributed by atoms with van der Waals surface area (Å²) in [5, 5.41) is 3.22. The molecule has 3 heterocycles. The number of alkyl halides is 2. The number of hydrogen-bond acceptors (Lipinski definition) is 6. The number of benzene rings is 1. The number of Topliss-reactive ketones (excluding diaryl/α,β-unsaturated/α-hetero) is 1. The van der Waals surface area contributed by atoms with Crippen LogP contribution in [0.3, 0.4) is 0 Å². The van der Waals surface area contributed by atoms with Gasteiger partial charge in [-0.25, -0.2) is 13.8 Å². The van der Waals surface area contributed by atoms with Gasteiger partial charge in [-0.1, -0.05) is 36.3 Å². The zero-order chi connectivity index (χ0) is 25.1. The lowest BCUT2D eigenvalue weighted by Gasteiger charge is -2.30.